The van der Waals surface area contributed by atoms with Gasteiger partial charge in [0.15, 0.2) is 0 Å². The van der Waals surface area contributed by atoms with Crippen molar-refractivity contribution in [2.45, 2.75) is 6.92 Å². The highest BCUT2D eigenvalue weighted by molar-refractivity contribution is 5.64. The maximum Gasteiger partial charge on any atom is 0.271 e. The van der Waals surface area contributed by atoms with Crippen LogP contribution in [0.3, 0.4) is 0 Å². The van der Waals surface area contributed by atoms with E-state index >= 15 is 0 Å². The maximum absolute atomic E-state index is 10.9. The third kappa shape index (κ3) is 3.68. The molecule has 0 bridgehead atoms. The molecule has 24 heavy (non-hydrogen) atoms. The van der Waals surface area contributed by atoms with Crippen molar-refractivity contribution in [3.05, 3.63) is 70.7 Å². The van der Waals surface area contributed by atoms with Gasteiger partial charge in [0, 0.05) is 36.3 Å². The number of hydrogen-bond acceptors (Lipinski definition) is 6. The Balaban J connectivity index is 0.00000208. The number of pyridine rings is 1. The third-order valence-corrected chi connectivity index (χ3v) is 3.29. The van der Waals surface area contributed by atoms with Gasteiger partial charge in [0.25, 0.3) is 5.69 Å². The van der Waals surface area contributed by atoms with Crippen LogP contribution in [0.15, 0.2) is 55.0 Å². The molecule has 1 aromatic carbocycles. The number of nitrogens with zero attached hydrogens (tertiary/aromatic N) is 4. The molecule has 0 spiro atoms. The summed E-state index contributed by atoms with van der Waals surface area (Å²) in [7, 11) is 0. The standard InChI is InChI=1S/C16H13N5O2.H2O/c1-11-4-5-13(21(22)23)9-15(11)20-16-18-8-6-14(19-16)12-3-2-7-17-10-12;/h2-10H,1H3,(H,18,19,20);1H2. The molecule has 122 valence electrons. The van der Waals surface area contributed by atoms with Crippen LogP contribution in [0.25, 0.3) is 11.3 Å². The lowest BCUT2D eigenvalue weighted by molar-refractivity contribution is -0.384. The molecule has 3 rings (SSSR count). The summed E-state index contributed by atoms with van der Waals surface area (Å²) in [6.07, 6.45) is 5.03. The van der Waals surface area contributed by atoms with E-state index in [1.807, 2.05) is 19.1 Å². The number of nitro benzene ring substituents is 1. The first kappa shape index (κ1) is 17.0. The second-order valence-electron chi connectivity index (χ2n) is 4.89. The second kappa shape index (κ2) is 7.25. The van der Waals surface area contributed by atoms with Crippen LogP contribution in [0.4, 0.5) is 17.3 Å². The molecule has 3 N–H and O–H groups in total. The van der Waals surface area contributed by atoms with Gasteiger partial charge in [-0.05, 0) is 30.7 Å². The van der Waals surface area contributed by atoms with Crippen LogP contribution in [-0.2, 0) is 0 Å². The summed E-state index contributed by atoms with van der Waals surface area (Å²) in [5, 5.41) is 13.9. The Bertz CT molecular complexity index is 855. The van der Waals surface area contributed by atoms with Gasteiger partial charge in [-0.2, -0.15) is 0 Å². The third-order valence-electron chi connectivity index (χ3n) is 3.29. The number of rotatable bonds is 4. The predicted octanol–water partition coefficient (Wildman–Crippen LogP) is 2.67. The van der Waals surface area contributed by atoms with Gasteiger partial charge >= 0.3 is 0 Å². The minimum absolute atomic E-state index is 0. The molecular formula is C16H15N5O3. The Labute approximate surface area is 137 Å². The lowest BCUT2D eigenvalue weighted by atomic mass is 10.2. The van der Waals surface area contributed by atoms with E-state index in [0.717, 1.165) is 16.8 Å². The van der Waals surface area contributed by atoms with Crippen LogP contribution < -0.4 is 5.32 Å². The van der Waals surface area contributed by atoms with Gasteiger partial charge in [-0.15, -0.1) is 0 Å². The Morgan fingerprint density at radius 3 is 2.71 bits per heavy atom. The van der Waals surface area contributed by atoms with Crippen LogP contribution in [0.5, 0.6) is 0 Å². The van der Waals surface area contributed by atoms with Crippen molar-refractivity contribution in [2.24, 2.45) is 0 Å². The summed E-state index contributed by atoms with van der Waals surface area (Å²) >= 11 is 0. The number of anilines is 2. The number of nitro groups is 1. The van der Waals surface area contributed by atoms with Crippen molar-refractivity contribution >= 4 is 17.3 Å². The van der Waals surface area contributed by atoms with Gasteiger partial charge in [0.1, 0.15) is 0 Å². The van der Waals surface area contributed by atoms with Crippen molar-refractivity contribution in [1.29, 1.82) is 0 Å². The van der Waals surface area contributed by atoms with Gasteiger partial charge in [-0.3, -0.25) is 15.1 Å². The van der Waals surface area contributed by atoms with Crippen molar-refractivity contribution in [2.75, 3.05) is 5.32 Å². The molecule has 3 aromatic rings. The zero-order valence-electron chi connectivity index (χ0n) is 12.8. The quantitative estimate of drug-likeness (QED) is 0.580. The normalized spacial score (nSPS) is 9.88. The highest BCUT2D eigenvalue weighted by Crippen LogP contribution is 2.25. The minimum Gasteiger partial charge on any atom is -0.412 e. The van der Waals surface area contributed by atoms with Gasteiger partial charge in [0.2, 0.25) is 5.95 Å². The summed E-state index contributed by atoms with van der Waals surface area (Å²) in [6, 6.07) is 10.1. The second-order valence-corrected chi connectivity index (χ2v) is 4.89. The highest BCUT2D eigenvalue weighted by atomic mass is 16.6. The van der Waals surface area contributed by atoms with E-state index < -0.39 is 4.92 Å². The van der Waals surface area contributed by atoms with Crippen molar-refractivity contribution < 1.29 is 10.4 Å². The largest absolute Gasteiger partial charge is 0.412 e. The van der Waals surface area contributed by atoms with E-state index in [0.29, 0.717) is 11.6 Å². The molecule has 0 unspecified atom stereocenters. The number of aryl methyl sites for hydroxylation is 1. The molecular weight excluding hydrogens is 310 g/mol. The van der Waals surface area contributed by atoms with Gasteiger partial charge in [-0.25, -0.2) is 9.97 Å². The number of benzene rings is 1. The Morgan fingerprint density at radius 2 is 2.00 bits per heavy atom. The first-order chi connectivity index (χ1) is 11.1. The number of nitrogens with one attached hydrogen (secondary N) is 1. The number of non-ortho nitro benzene ring substituents is 1. The van der Waals surface area contributed by atoms with Crippen LogP contribution in [0.1, 0.15) is 5.56 Å². The van der Waals surface area contributed by atoms with Crippen LogP contribution in [-0.4, -0.2) is 25.4 Å². The van der Waals surface area contributed by atoms with E-state index in [2.05, 4.69) is 20.3 Å². The fourth-order valence-electron chi connectivity index (χ4n) is 2.07. The molecule has 0 fully saturated rings. The van der Waals surface area contributed by atoms with Crippen LogP contribution >= 0.6 is 0 Å². The van der Waals surface area contributed by atoms with E-state index in [-0.39, 0.29) is 11.2 Å². The Hall–Kier alpha value is -3.39. The summed E-state index contributed by atoms with van der Waals surface area (Å²) in [6.45, 7) is 1.86. The summed E-state index contributed by atoms with van der Waals surface area (Å²) in [5.41, 5.74) is 3.07. The van der Waals surface area contributed by atoms with Crippen molar-refractivity contribution in [1.82, 2.24) is 15.0 Å². The maximum atomic E-state index is 10.9. The lowest BCUT2D eigenvalue weighted by Crippen LogP contribution is -2.00. The molecule has 2 aromatic heterocycles. The average molecular weight is 325 g/mol. The van der Waals surface area contributed by atoms with E-state index in [1.54, 1.807) is 30.7 Å². The van der Waals surface area contributed by atoms with E-state index in [9.17, 15) is 10.1 Å². The smallest absolute Gasteiger partial charge is 0.271 e. The molecule has 0 saturated heterocycles. The fraction of sp³-hybridized carbons (Fsp3) is 0.0625. The van der Waals surface area contributed by atoms with Crippen LogP contribution in [0.2, 0.25) is 0 Å². The SMILES string of the molecule is Cc1ccc([N+](=O)[O-])cc1Nc1nccc(-c2cccnc2)n1.O. The zero-order chi connectivity index (χ0) is 16.2. The zero-order valence-corrected chi connectivity index (χ0v) is 12.8. The topological polar surface area (TPSA) is 125 Å². The summed E-state index contributed by atoms with van der Waals surface area (Å²) in [5.74, 6) is 0.370. The summed E-state index contributed by atoms with van der Waals surface area (Å²) < 4.78 is 0. The fourth-order valence-corrected chi connectivity index (χ4v) is 2.07. The molecule has 0 aliphatic carbocycles. The first-order valence-corrected chi connectivity index (χ1v) is 6.89. The molecule has 0 saturated carbocycles. The molecule has 0 aliphatic rings. The highest BCUT2D eigenvalue weighted by Gasteiger charge is 2.10. The number of aromatic nitrogens is 3. The average Bonchev–Trinajstić information content (AvgIpc) is 2.58. The molecule has 2 heterocycles. The Kier molecular flexibility index (Phi) is 5.13. The number of hydrogen-bond donors (Lipinski definition) is 1. The molecule has 0 atom stereocenters. The van der Waals surface area contributed by atoms with Crippen molar-refractivity contribution in [3.8, 4) is 11.3 Å². The molecule has 8 nitrogen and oxygen atoms in total. The predicted molar refractivity (Wildman–Crippen MR) is 90.0 cm³/mol. The van der Waals surface area contributed by atoms with E-state index in [1.165, 1.54) is 12.1 Å². The Morgan fingerprint density at radius 1 is 1.17 bits per heavy atom. The monoisotopic (exact) mass is 325 g/mol. The van der Waals surface area contributed by atoms with Crippen molar-refractivity contribution in [3.63, 3.8) is 0 Å². The first-order valence-electron chi connectivity index (χ1n) is 6.89. The van der Waals surface area contributed by atoms with Crippen LogP contribution in [0, 0.1) is 17.0 Å². The van der Waals surface area contributed by atoms with Gasteiger partial charge < -0.3 is 10.8 Å². The summed E-state index contributed by atoms with van der Waals surface area (Å²) in [4.78, 5) is 23.1. The molecule has 0 radical (unpaired) electrons. The molecule has 0 aliphatic heterocycles. The van der Waals surface area contributed by atoms with Gasteiger partial charge in [0.05, 0.1) is 16.3 Å². The molecule has 8 heteroatoms. The van der Waals surface area contributed by atoms with Gasteiger partial charge in [-0.1, -0.05) is 6.07 Å². The lowest BCUT2D eigenvalue weighted by Gasteiger charge is -2.09. The minimum atomic E-state index is -0.433. The molecule has 0 amide bonds. The van der Waals surface area contributed by atoms with E-state index in [4.69, 9.17) is 0 Å².